The van der Waals surface area contributed by atoms with Gasteiger partial charge in [0.2, 0.25) is 5.91 Å². The molecule has 1 N–H and O–H groups in total. The van der Waals surface area contributed by atoms with E-state index in [1.54, 1.807) is 0 Å². The number of likely N-dealkylation sites (tertiary alicyclic amines) is 1. The Kier molecular flexibility index (Phi) is 5.68. The normalized spacial score (nSPS) is 25.4. The lowest BCUT2D eigenvalue weighted by molar-refractivity contribution is -0.133. The Morgan fingerprint density at radius 3 is 2.83 bits per heavy atom. The van der Waals surface area contributed by atoms with Crippen molar-refractivity contribution < 1.29 is 4.79 Å². The fourth-order valence-electron chi connectivity index (χ4n) is 3.82. The number of likely N-dealkylation sites (N-methyl/N-ethyl adjacent to an activating group) is 1. The minimum absolute atomic E-state index is 0.302. The van der Waals surface area contributed by atoms with Crippen LogP contribution < -0.4 is 5.32 Å². The van der Waals surface area contributed by atoms with Crippen LogP contribution in [0.1, 0.15) is 37.7 Å². The first-order valence-electron chi connectivity index (χ1n) is 8.97. The fourth-order valence-corrected chi connectivity index (χ4v) is 3.82. The van der Waals surface area contributed by atoms with E-state index in [0.29, 0.717) is 24.4 Å². The second kappa shape index (κ2) is 7.93. The van der Waals surface area contributed by atoms with Crippen molar-refractivity contribution in [3.05, 3.63) is 35.9 Å². The van der Waals surface area contributed by atoms with Gasteiger partial charge in [-0.05, 0) is 44.3 Å². The highest BCUT2D eigenvalue weighted by molar-refractivity contribution is 5.77. The molecule has 2 atom stereocenters. The zero-order valence-electron chi connectivity index (χ0n) is 14.2. The summed E-state index contributed by atoms with van der Waals surface area (Å²) in [6, 6.07) is 11.4. The van der Waals surface area contributed by atoms with Gasteiger partial charge in [-0.1, -0.05) is 30.3 Å². The van der Waals surface area contributed by atoms with Crippen molar-refractivity contribution in [2.24, 2.45) is 0 Å². The summed E-state index contributed by atoms with van der Waals surface area (Å²) in [4.78, 5) is 17.0. The maximum Gasteiger partial charge on any atom is 0.224 e. The Labute approximate surface area is 139 Å². The van der Waals surface area contributed by atoms with E-state index in [1.165, 1.54) is 18.4 Å². The third-order valence-electron chi connectivity index (χ3n) is 5.25. The van der Waals surface area contributed by atoms with E-state index in [9.17, 15) is 4.79 Å². The van der Waals surface area contributed by atoms with Crippen molar-refractivity contribution in [1.82, 2.24) is 15.1 Å². The van der Waals surface area contributed by atoms with E-state index in [-0.39, 0.29) is 0 Å². The highest BCUT2D eigenvalue weighted by Gasteiger charge is 2.28. The van der Waals surface area contributed by atoms with Gasteiger partial charge in [0.15, 0.2) is 0 Å². The maximum atomic E-state index is 12.5. The predicted molar refractivity (Wildman–Crippen MR) is 93.2 cm³/mol. The van der Waals surface area contributed by atoms with Crippen LogP contribution in [0, 0.1) is 0 Å². The first-order chi connectivity index (χ1) is 11.2. The van der Waals surface area contributed by atoms with Gasteiger partial charge >= 0.3 is 0 Å². The number of amides is 1. The molecule has 0 aliphatic carbocycles. The minimum Gasteiger partial charge on any atom is -0.341 e. The largest absolute Gasteiger partial charge is 0.341 e. The van der Waals surface area contributed by atoms with E-state index in [2.05, 4.69) is 40.5 Å². The number of nitrogens with zero attached hydrogens (tertiary/aromatic N) is 2. The van der Waals surface area contributed by atoms with Gasteiger partial charge in [-0.3, -0.25) is 9.69 Å². The van der Waals surface area contributed by atoms with Crippen molar-refractivity contribution in [2.75, 3.05) is 26.7 Å². The number of rotatable bonds is 5. The molecule has 0 spiro atoms. The number of nitrogens with one attached hydrogen (secondary N) is 1. The molecule has 2 heterocycles. The lowest BCUT2D eigenvalue weighted by atomic mass is 10.0. The molecule has 0 bridgehead atoms. The van der Waals surface area contributed by atoms with Crippen molar-refractivity contribution in [3.8, 4) is 0 Å². The molecule has 2 fully saturated rings. The van der Waals surface area contributed by atoms with Crippen LogP contribution in [0.3, 0.4) is 0 Å². The Bertz CT molecular complexity index is 499. The molecule has 2 unspecified atom stereocenters. The Hall–Kier alpha value is -1.39. The predicted octanol–water partition coefficient (Wildman–Crippen LogP) is 2.25. The summed E-state index contributed by atoms with van der Waals surface area (Å²) in [6.45, 7) is 4.19. The lowest BCUT2D eigenvalue weighted by Gasteiger charge is -2.38. The monoisotopic (exact) mass is 315 g/mol. The second-order valence-electron chi connectivity index (χ2n) is 7.02. The lowest BCUT2D eigenvalue weighted by Crippen LogP contribution is -2.49. The maximum absolute atomic E-state index is 12.5. The van der Waals surface area contributed by atoms with Gasteiger partial charge in [0.25, 0.3) is 0 Å². The molecule has 4 nitrogen and oxygen atoms in total. The van der Waals surface area contributed by atoms with Crippen molar-refractivity contribution in [2.45, 2.75) is 50.7 Å². The SMILES string of the molecule is CN(C(=O)CC1CCCN1)C1CCCN(Cc2ccccc2)C1. The number of piperidine rings is 1. The summed E-state index contributed by atoms with van der Waals surface area (Å²) < 4.78 is 0. The second-order valence-corrected chi connectivity index (χ2v) is 7.02. The number of carbonyl (C=O) groups is 1. The minimum atomic E-state index is 0.302. The highest BCUT2D eigenvalue weighted by Crippen LogP contribution is 2.19. The molecule has 2 saturated heterocycles. The van der Waals surface area contributed by atoms with Gasteiger partial charge in [-0.2, -0.15) is 0 Å². The van der Waals surface area contributed by atoms with E-state index in [0.717, 1.165) is 39.0 Å². The summed E-state index contributed by atoms with van der Waals surface area (Å²) in [5.41, 5.74) is 1.36. The van der Waals surface area contributed by atoms with Crippen LogP contribution in [0.25, 0.3) is 0 Å². The average molecular weight is 315 g/mol. The summed E-state index contributed by atoms with van der Waals surface area (Å²) in [7, 11) is 1.99. The van der Waals surface area contributed by atoms with E-state index < -0.39 is 0 Å². The molecule has 1 aromatic rings. The molecular formula is C19H29N3O. The average Bonchev–Trinajstić information content (AvgIpc) is 3.08. The third-order valence-corrected chi connectivity index (χ3v) is 5.25. The zero-order chi connectivity index (χ0) is 16.1. The van der Waals surface area contributed by atoms with Crippen LogP contribution in [0.4, 0.5) is 0 Å². The van der Waals surface area contributed by atoms with Gasteiger partial charge in [0.05, 0.1) is 0 Å². The molecule has 3 rings (SSSR count). The molecule has 0 aromatic heterocycles. The molecule has 1 aromatic carbocycles. The Balaban J connectivity index is 1.51. The van der Waals surface area contributed by atoms with Crippen molar-refractivity contribution >= 4 is 5.91 Å². The number of hydrogen-bond donors (Lipinski definition) is 1. The van der Waals surface area contributed by atoms with Crippen LogP contribution in [0.15, 0.2) is 30.3 Å². The van der Waals surface area contributed by atoms with Gasteiger partial charge < -0.3 is 10.2 Å². The molecule has 2 aliphatic rings. The molecule has 23 heavy (non-hydrogen) atoms. The van der Waals surface area contributed by atoms with Crippen LogP contribution in [0.5, 0.6) is 0 Å². The summed E-state index contributed by atoms with van der Waals surface area (Å²) >= 11 is 0. The third kappa shape index (κ3) is 4.55. The molecule has 0 radical (unpaired) electrons. The van der Waals surface area contributed by atoms with Crippen molar-refractivity contribution in [3.63, 3.8) is 0 Å². The van der Waals surface area contributed by atoms with E-state index in [4.69, 9.17) is 0 Å². The molecule has 126 valence electrons. The zero-order valence-corrected chi connectivity index (χ0v) is 14.2. The topological polar surface area (TPSA) is 35.6 Å². The molecule has 2 aliphatic heterocycles. The van der Waals surface area contributed by atoms with Gasteiger partial charge in [-0.15, -0.1) is 0 Å². The van der Waals surface area contributed by atoms with Crippen LogP contribution >= 0.6 is 0 Å². The highest BCUT2D eigenvalue weighted by atomic mass is 16.2. The van der Waals surface area contributed by atoms with E-state index >= 15 is 0 Å². The molecule has 1 amide bonds. The number of carbonyl (C=O) groups excluding carboxylic acids is 1. The molecule has 0 saturated carbocycles. The smallest absolute Gasteiger partial charge is 0.224 e. The summed E-state index contributed by atoms with van der Waals surface area (Å²) in [5, 5.41) is 3.43. The van der Waals surface area contributed by atoms with Crippen LogP contribution in [0.2, 0.25) is 0 Å². The number of hydrogen-bond acceptors (Lipinski definition) is 3. The van der Waals surface area contributed by atoms with Gasteiger partial charge in [0.1, 0.15) is 0 Å². The van der Waals surface area contributed by atoms with Gasteiger partial charge in [-0.25, -0.2) is 0 Å². The first kappa shape index (κ1) is 16.5. The van der Waals surface area contributed by atoms with Crippen LogP contribution in [-0.4, -0.2) is 54.5 Å². The standard InChI is InChI=1S/C19H29N3O/c1-21(19(23)13-17-9-5-11-20-17)18-10-6-12-22(15-18)14-16-7-3-2-4-8-16/h2-4,7-8,17-18,20H,5-6,9-15H2,1H3. The first-order valence-corrected chi connectivity index (χ1v) is 8.97. The van der Waals surface area contributed by atoms with Crippen LogP contribution in [-0.2, 0) is 11.3 Å². The Morgan fingerprint density at radius 1 is 1.26 bits per heavy atom. The molecule has 4 heteroatoms. The summed E-state index contributed by atoms with van der Waals surface area (Å²) in [5.74, 6) is 0.302. The van der Waals surface area contributed by atoms with Crippen molar-refractivity contribution in [1.29, 1.82) is 0 Å². The number of benzene rings is 1. The van der Waals surface area contributed by atoms with Gasteiger partial charge in [0, 0.05) is 38.6 Å². The summed E-state index contributed by atoms with van der Waals surface area (Å²) in [6.07, 6.45) is 5.31. The Morgan fingerprint density at radius 2 is 2.09 bits per heavy atom. The quantitative estimate of drug-likeness (QED) is 0.905. The molecular weight excluding hydrogens is 286 g/mol. The van der Waals surface area contributed by atoms with E-state index in [1.807, 2.05) is 11.9 Å². The fraction of sp³-hybridized carbons (Fsp3) is 0.632.